The van der Waals surface area contributed by atoms with Crippen molar-refractivity contribution in [1.29, 1.82) is 0 Å². The summed E-state index contributed by atoms with van der Waals surface area (Å²) in [6, 6.07) is 4.56. The minimum atomic E-state index is -4.35. The average molecular weight is 291 g/mol. The van der Waals surface area contributed by atoms with E-state index in [0.29, 0.717) is 31.9 Å². The van der Waals surface area contributed by atoms with Gasteiger partial charge in [-0.05, 0) is 37.6 Å². The molecule has 0 saturated carbocycles. The molecule has 1 atom stereocenters. The topological polar surface area (TPSA) is 41.5 Å². The Bertz CT molecular complexity index is 379. The smallest absolute Gasteiger partial charge is 0.387 e. The molecule has 1 unspecified atom stereocenters. The van der Waals surface area contributed by atoms with Gasteiger partial charge < -0.3 is 15.2 Å². The zero-order valence-electron chi connectivity index (χ0n) is 11.4. The van der Waals surface area contributed by atoms with Crippen molar-refractivity contribution >= 4 is 0 Å². The molecule has 0 aliphatic rings. The maximum absolute atomic E-state index is 12.4. The summed E-state index contributed by atoms with van der Waals surface area (Å²) in [6.45, 7) is 4.24. The quantitative estimate of drug-likeness (QED) is 0.724. The van der Waals surface area contributed by atoms with E-state index in [0.717, 1.165) is 18.6 Å². The van der Waals surface area contributed by atoms with Gasteiger partial charge in [0.1, 0.15) is 0 Å². The van der Waals surface area contributed by atoms with E-state index in [2.05, 4.69) is 5.32 Å². The van der Waals surface area contributed by atoms with Crippen LogP contribution < -0.4 is 5.32 Å². The highest BCUT2D eigenvalue weighted by molar-refractivity contribution is 5.26. The van der Waals surface area contributed by atoms with Gasteiger partial charge in [-0.15, -0.1) is 0 Å². The van der Waals surface area contributed by atoms with Crippen LogP contribution in [0.3, 0.4) is 0 Å². The van der Waals surface area contributed by atoms with Gasteiger partial charge in [-0.2, -0.15) is 13.2 Å². The van der Waals surface area contributed by atoms with E-state index in [1.165, 1.54) is 12.1 Å². The monoisotopic (exact) mass is 291 g/mol. The molecule has 1 aromatic carbocycles. The van der Waals surface area contributed by atoms with Crippen molar-refractivity contribution in [2.24, 2.45) is 0 Å². The van der Waals surface area contributed by atoms with Crippen LogP contribution in [0.5, 0.6) is 0 Å². The number of hydrogen-bond acceptors (Lipinski definition) is 3. The number of hydrogen-bond donors (Lipinski definition) is 2. The Labute approximate surface area is 116 Å². The third-order valence-electron chi connectivity index (χ3n) is 2.81. The van der Waals surface area contributed by atoms with Gasteiger partial charge in [-0.1, -0.05) is 12.1 Å². The lowest BCUT2D eigenvalue weighted by Gasteiger charge is -2.13. The summed E-state index contributed by atoms with van der Waals surface area (Å²) in [5.74, 6) is 0. The summed E-state index contributed by atoms with van der Waals surface area (Å²) < 4.78 is 42.3. The number of rotatable bonds is 8. The number of ether oxygens (including phenoxy) is 1. The number of aliphatic hydroxyl groups excluding tert-OH is 1. The number of aliphatic hydroxyl groups is 1. The second-order valence-corrected chi connectivity index (χ2v) is 4.39. The van der Waals surface area contributed by atoms with Crippen LogP contribution in [0.2, 0.25) is 0 Å². The van der Waals surface area contributed by atoms with Crippen molar-refractivity contribution in [3.05, 3.63) is 35.4 Å². The lowest BCUT2D eigenvalue weighted by molar-refractivity contribution is -0.137. The molecule has 0 fully saturated rings. The maximum atomic E-state index is 12.4. The van der Waals surface area contributed by atoms with Crippen molar-refractivity contribution in [1.82, 2.24) is 5.32 Å². The first-order valence-electron chi connectivity index (χ1n) is 6.59. The molecule has 0 heterocycles. The summed E-state index contributed by atoms with van der Waals surface area (Å²) in [6.07, 6.45) is -4.33. The second-order valence-electron chi connectivity index (χ2n) is 4.39. The molecule has 20 heavy (non-hydrogen) atoms. The van der Waals surface area contributed by atoms with Gasteiger partial charge in [0.15, 0.2) is 0 Å². The molecule has 0 spiro atoms. The normalized spacial score (nSPS) is 13.4. The van der Waals surface area contributed by atoms with Gasteiger partial charge >= 0.3 is 6.18 Å². The molecule has 2 N–H and O–H groups in total. The Kier molecular flexibility index (Phi) is 6.98. The SMILES string of the molecule is CCOCCCNCC(O)c1ccc(C(F)(F)F)cc1. The third-order valence-corrected chi connectivity index (χ3v) is 2.81. The summed E-state index contributed by atoms with van der Waals surface area (Å²) in [5, 5.41) is 12.9. The summed E-state index contributed by atoms with van der Waals surface area (Å²) in [7, 11) is 0. The minimum Gasteiger partial charge on any atom is -0.387 e. The van der Waals surface area contributed by atoms with Gasteiger partial charge in [-0.25, -0.2) is 0 Å². The second kappa shape index (κ2) is 8.24. The van der Waals surface area contributed by atoms with Crippen molar-refractivity contribution in [3.8, 4) is 0 Å². The molecule has 0 radical (unpaired) electrons. The highest BCUT2D eigenvalue weighted by atomic mass is 19.4. The van der Waals surface area contributed by atoms with Crippen LogP contribution in [-0.2, 0) is 10.9 Å². The lowest BCUT2D eigenvalue weighted by Crippen LogP contribution is -2.23. The van der Waals surface area contributed by atoms with Gasteiger partial charge in [0.2, 0.25) is 0 Å². The first-order valence-corrected chi connectivity index (χ1v) is 6.59. The van der Waals surface area contributed by atoms with Crippen molar-refractivity contribution in [2.45, 2.75) is 25.6 Å². The average Bonchev–Trinajstić information content (AvgIpc) is 2.41. The highest BCUT2D eigenvalue weighted by Crippen LogP contribution is 2.29. The lowest BCUT2D eigenvalue weighted by atomic mass is 10.1. The summed E-state index contributed by atoms with van der Waals surface area (Å²) >= 11 is 0. The molecule has 0 aromatic heterocycles. The zero-order chi connectivity index (χ0) is 15.0. The van der Waals surface area contributed by atoms with E-state index >= 15 is 0 Å². The highest BCUT2D eigenvalue weighted by Gasteiger charge is 2.30. The van der Waals surface area contributed by atoms with Crippen LogP contribution in [0.4, 0.5) is 13.2 Å². The molecule has 3 nitrogen and oxygen atoms in total. The molecule has 0 aliphatic heterocycles. The predicted molar refractivity (Wildman–Crippen MR) is 70.4 cm³/mol. The van der Waals surface area contributed by atoms with E-state index in [9.17, 15) is 18.3 Å². The van der Waals surface area contributed by atoms with Crippen LogP contribution in [-0.4, -0.2) is 31.4 Å². The van der Waals surface area contributed by atoms with Crippen LogP contribution >= 0.6 is 0 Å². The van der Waals surface area contributed by atoms with Crippen molar-refractivity contribution in [2.75, 3.05) is 26.3 Å². The molecule has 1 aromatic rings. The van der Waals surface area contributed by atoms with E-state index in [-0.39, 0.29) is 0 Å². The predicted octanol–water partition coefficient (Wildman–Crippen LogP) is 2.76. The molecule has 114 valence electrons. The molecule has 0 bridgehead atoms. The largest absolute Gasteiger partial charge is 0.416 e. The molecule has 0 amide bonds. The maximum Gasteiger partial charge on any atom is 0.416 e. The van der Waals surface area contributed by atoms with E-state index in [4.69, 9.17) is 4.74 Å². The van der Waals surface area contributed by atoms with Gasteiger partial charge in [-0.3, -0.25) is 0 Å². The van der Waals surface area contributed by atoms with E-state index < -0.39 is 17.8 Å². The first kappa shape index (κ1) is 16.9. The first-order chi connectivity index (χ1) is 9.45. The van der Waals surface area contributed by atoms with E-state index in [1.54, 1.807) is 0 Å². The van der Waals surface area contributed by atoms with Crippen LogP contribution in [0.1, 0.15) is 30.6 Å². The Hall–Kier alpha value is -1.11. The van der Waals surface area contributed by atoms with E-state index in [1.807, 2.05) is 6.92 Å². The molecule has 0 saturated heterocycles. The molecular formula is C14H20F3NO2. The van der Waals surface area contributed by atoms with Crippen molar-refractivity contribution < 1.29 is 23.0 Å². The number of alkyl halides is 3. The minimum absolute atomic E-state index is 0.303. The molecule has 1 rings (SSSR count). The van der Waals surface area contributed by atoms with Gasteiger partial charge in [0, 0.05) is 19.8 Å². The number of nitrogens with one attached hydrogen (secondary N) is 1. The summed E-state index contributed by atoms with van der Waals surface area (Å²) in [5.41, 5.74) is -0.242. The summed E-state index contributed by atoms with van der Waals surface area (Å²) in [4.78, 5) is 0. The number of halogens is 3. The Morgan fingerprint density at radius 1 is 1.25 bits per heavy atom. The molecule has 0 aliphatic carbocycles. The Balaban J connectivity index is 2.34. The van der Waals surface area contributed by atoms with Crippen LogP contribution in [0, 0.1) is 0 Å². The Morgan fingerprint density at radius 3 is 2.45 bits per heavy atom. The zero-order valence-corrected chi connectivity index (χ0v) is 11.4. The van der Waals surface area contributed by atoms with Crippen LogP contribution in [0.15, 0.2) is 24.3 Å². The van der Waals surface area contributed by atoms with Crippen LogP contribution in [0.25, 0.3) is 0 Å². The molecule has 6 heteroatoms. The fourth-order valence-electron chi connectivity index (χ4n) is 1.69. The molecular weight excluding hydrogens is 271 g/mol. The standard InChI is InChI=1S/C14H20F3NO2/c1-2-20-9-3-8-18-10-13(19)11-4-6-12(7-5-11)14(15,16)17/h4-7,13,18-19H,2-3,8-10H2,1H3. The Morgan fingerprint density at radius 2 is 1.90 bits per heavy atom. The number of benzene rings is 1. The fraction of sp³-hybridized carbons (Fsp3) is 0.571. The third kappa shape index (κ3) is 5.90. The van der Waals surface area contributed by atoms with Crippen molar-refractivity contribution in [3.63, 3.8) is 0 Å². The van der Waals surface area contributed by atoms with Gasteiger partial charge in [0.25, 0.3) is 0 Å². The van der Waals surface area contributed by atoms with Gasteiger partial charge in [0.05, 0.1) is 11.7 Å². The fourth-order valence-corrected chi connectivity index (χ4v) is 1.69.